The van der Waals surface area contributed by atoms with Crippen LogP contribution in [0.25, 0.3) is 11.3 Å². The molecule has 2 aromatic rings. The molecule has 24 heavy (non-hydrogen) atoms. The van der Waals surface area contributed by atoms with Crippen LogP contribution < -0.4 is 5.32 Å². The minimum atomic E-state index is -0.426. The van der Waals surface area contributed by atoms with E-state index in [-0.39, 0.29) is 0 Å². The maximum absolute atomic E-state index is 9.59. The molecule has 1 aromatic carbocycles. The second-order valence-corrected chi connectivity index (χ2v) is 7.11. The van der Waals surface area contributed by atoms with Crippen LogP contribution in [0.4, 0.5) is 0 Å². The Balaban J connectivity index is 1.56. The Kier molecular flexibility index (Phi) is 6.11. The molecule has 3 heteroatoms. The summed E-state index contributed by atoms with van der Waals surface area (Å²) in [7, 11) is 0. The predicted molar refractivity (Wildman–Crippen MR) is 96.5 cm³/mol. The van der Waals surface area contributed by atoms with E-state index in [0.717, 1.165) is 35.2 Å². The lowest BCUT2D eigenvalue weighted by Gasteiger charge is -2.17. The average Bonchev–Trinajstić information content (AvgIpc) is 3.03. The molecule has 0 bridgehead atoms. The standard InChI is InChI=1S/C21H29NO2/c1-16(23)17-9-11-18(12-10-17)21-14-13-20(24-21)15-22-19-7-5-3-2-4-6-8-19/h9-14,16,19,22-23H,2-8,15H2,1H3/p+1/t16-/m1/s1. The number of hydrogen-bond acceptors (Lipinski definition) is 2. The van der Waals surface area contributed by atoms with Crippen LogP contribution in [0.1, 0.15) is 69.3 Å². The van der Waals surface area contributed by atoms with Gasteiger partial charge in [0.15, 0.2) is 5.76 Å². The van der Waals surface area contributed by atoms with E-state index >= 15 is 0 Å². The molecule has 1 saturated carbocycles. The van der Waals surface area contributed by atoms with Crippen molar-refractivity contribution in [3.05, 3.63) is 47.7 Å². The van der Waals surface area contributed by atoms with Crippen molar-refractivity contribution >= 4 is 0 Å². The van der Waals surface area contributed by atoms with Gasteiger partial charge in [-0.15, -0.1) is 0 Å². The average molecular weight is 328 g/mol. The van der Waals surface area contributed by atoms with Crippen LogP contribution >= 0.6 is 0 Å². The van der Waals surface area contributed by atoms with E-state index in [1.165, 1.54) is 44.9 Å². The summed E-state index contributed by atoms with van der Waals surface area (Å²) < 4.78 is 6.02. The molecule has 0 amide bonds. The first kappa shape index (κ1) is 17.2. The van der Waals surface area contributed by atoms with Crippen molar-refractivity contribution in [1.82, 2.24) is 0 Å². The first-order valence-corrected chi connectivity index (χ1v) is 9.43. The largest absolute Gasteiger partial charge is 0.455 e. The van der Waals surface area contributed by atoms with Gasteiger partial charge in [-0.05, 0) is 50.3 Å². The van der Waals surface area contributed by atoms with Crippen molar-refractivity contribution in [3.8, 4) is 11.3 Å². The number of hydrogen-bond donors (Lipinski definition) is 2. The first-order valence-electron chi connectivity index (χ1n) is 9.43. The molecule has 1 aromatic heterocycles. The molecular formula is C21H30NO2+. The van der Waals surface area contributed by atoms with Gasteiger partial charge >= 0.3 is 0 Å². The summed E-state index contributed by atoms with van der Waals surface area (Å²) in [4.78, 5) is 0. The number of aliphatic hydroxyl groups excluding tert-OH is 1. The highest BCUT2D eigenvalue weighted by atomic mass is 16.3. The molecule has 1 atom stereocenters. The van der Waals surface area contributed by atoms with Crippen LogP contribution in [0.5, 0.6) is 0 Å². The summed E-state index contributed by atoms with van der Waals surface area (Å²) in [6, 6.07) is 12.9. The summed E-state index contributed by atoms with van der Waals surface area (Å²) in [6.07, 6.45) is 9.23. The number of quaternary nitrogens is 1. The maximum atomic E-state index is 9.59. The molecule has 1 aliphatic carbocycles. The van der Waals surface area contributed by atoms with Gasteiger partial charge in [-0.25, -0.2) is 0 Å². The molecule has 1 fully saturated rings. The predicted octanol–water partition coefficient (Wildman–Crippen LogP) is 4.18. The quantitative estimate of drug-likeness (QED) is 0.865. The third kappa shape index (κ3) is 4.71. The third-order valence-corrected chi connectivity index (χ3v) is 5.14. The highest BCUT2D eigenvalue weighted by molar-refractivity contribution is 5.58. The summed E-state index contributed by atoms with van der Waals surface area (Å²) in [5.41, 5.74) is 2.00. The molecule has 130 valence electrons. The lowest BCUT2D eigenvalue weighted by molar-refractivity contribution is -0.707. The van der Waals surface area contributed by atoms with E-state index in [4.69, 9.17) is 4.42 Å². The molecule has 0 unspecified atom stereocenters. The maximum Gasteiger partial charge on any atom is 0.158 e. The molecule has 0 spiro atoms. The van der Waals surface area contributed by atoms with E-state index in [0.29, 0.717) is 0 Å². The molecule has 3 nitrogen and oxygen atoms in total. The Bertz CT molecular complexity index is 607. The molecule has 3 rings (SSSR count). The van der Waals surface area contributed by atoms with E-state index in [1.54, 1.807) is 6.92 Å². The van der Waals surface area contributed by atoms with E-state index in [2.05, 4.69) is 17.4 Å². The SMILES string of the molecule is C[C@@H](O)c1ccc(-c2ccc(C[NH2+]C3CCCCCCC3)o2)cc1. The highest BCUT2D eigenvalue weighted by Crippen LogP contribution is 2.24. The molecule has 1 heterocycles. The van der Waals surface area contributed by atoms with Crippen molar-refractivity contribution in [1.29, 1.82) is 0 Å². The van der Waals surface area contributed by atoms with Crippen molar-refractivity contribution in [2.75, 3.05) is 0 Å². The van der Waals surface area contributed by atoms with E-state index in [1.807, 2.05) is 24.3 Å². The van der Waals surface area contributed by atoms with E-state index in [9.17, 15) is 5.11 Å². The van der Waals surface area contributed by atoms with Gasteiger partial charge in [-0.2, -0.15) is 0 Å². The molecule has 3 N–H and O–H groups in total. The van der Waals surface area contributed by atoms with Crippen LogP contribution in [0.15, 0.2) is 40.8 Å². The fourth-order valence-corrected chi connectivity index (χ4v) is 3.57. The monoisotopic (exact) mass is 328 g/mol. The first-order chi connectivity index (χ1) is 11.7. The third-order valence-electron chi connectivity index (χ3n) is 5.14. The van der Waals surface area contributed by atoms with Crippen LogP contribution in [0, 0.1) is 0 Å². The summed E-state index contributed by atoms with van der Waals surface area (Å²) in [5, 5.41) is 12.1. The van der Waals surface area contributed by atoms with Gasteiger partial charge < -0.3 is 14.8 Å². The second-order valence-electron chi connectivity index (χ2n) is 7.11. The summed E-state index contributed by atoms with van der Waals surface area (Å²) >= 11 is 0. The Labute approximate surface area is 145 Å². The number of nitrogens with two attached hydrogens (primary N) is 1. The van der Waals surface area contributed by atoms with Crippen LogP contribution in [-0.4, -0.2) is 11.1 Å². The zero-order valence-electron chi connectivity index (χ0n) is 14.7. The minimum absolute atomic E-state index is 0.426. The van der Waals surface area contributed by atoms with Crippen molar-refractivity contribution < 1.29 is 14.8 Å². The van der Waals surface area contributed by atoms with Gasteiger partial charge in [0, 0.05) is 5.56 Å². The van der Waals surface area contributed by atoms with Crippen LogP contribution in [0.2, 0.25) is 0 Å². The number of benzene rings is 1. The van der Waals surface area contributed by atoms with Crippen molar-refractivity contribution in [2.45, 2.75) is 70.6 Å². The summed E-state index contributed by atoms with van der Waals surface area (Å²) in [6.45, 7) is 2.71. The van der Waals surface area contributed by atoms with Gasteiger partial charge in [0.05, 0.1) is 12.1 Å². The van der Waals surface area contributed by atoms with Crippen molar-refractivity contribution in [2.24, 2.45) is 0 Å². The van der Waals surface area contributed by atoms with E-state index < -0.39 is 6.10 Å². The Hall–Kier alpha value is -1.58. The number of aliphatic hydroxyl groups is 1. The number of furan rings is 1. The normalized spacial score (nSPS) is 18.1. The van der Waals surface area contributed by atoms with Gasteiger partial charge in [0.25, 0.3) is 0 Å². The molecule has 0 radical (unpaired) electrons. The fourth-order valence-electron chi connectivity index (χ4n) is 3.57. The Morgan fingerprint density at radius 2 is 1.67 bits per heavy atom. The zero-order valence-corrected chi connectivity index (χ0v) is 14.7. The van der Waals surface area contributed by atoms with Crippen molar-refractivity contribution in [3.63, 3.8) is 0 Å². The highest BCUT2D eigenvalue weighted by Gasteiger charge is 2.15. The molecule has 0 saturated heterocycles. The Morgan fingerprint density at radius 3 is 2.33 bits per heavy atom. The zero-order chi connectivity index (χ0) is 16.8. The lowest BCUT2D eigenvalue weighted by atomic mass is 9.97. The second kappa shape index (κ2) is 8.50. The fraction of sp³-hybridized carbons (Fsp3) is 0.524. The van der Waals surface area contributed by atoms with Crippen LogP contribution in [0.3, 0.4) is 0 Å². The number of rotatable bonds is 5. The lowest BCUT2D eigenvalue weighted by Crippen LogP contribution is -2.88. The topological polar surface area (TPSA) is 50.0 Å². The van der Waals surface area contributed by atoms with Gasteiger partial charge in [0.2, 0.25) is 0 Å². The Morgan fingerprint density at radius 1 is 1.00 bits per heavy atom. The smallest absolute Gasteiger partial charge is 0.158 e. The van der Waals surface area contributed by atoms with Crippen LogP contribution in [-0.2, 0) is 6.54 Å². The molecule has 1 aliphatic rings. The molecular weight excluding hydrogens is 298 g/mol. The van der Waals surface area contributed by atoms with Gasteiger partial charge in [0.1, 0.15) is 12.3 Å². The van der Waals surface area contributed by atoms with Gasteiger partial charge in [-0.3, -0.25) is 0 Å². The minimum Gasteiger partial charge on any atom is -0.455 e. The molecule has 0 aliphatic heterocycles. The summed E-state index contributed by atoms with van der Waals surface area (Å²) in [5.74, 6) is 1.96. The van der Waals surface area contributed by atoms with Gasteiger partial charge in [-0.1, -0.05) is 43.5 Å².